The van der Waals surface area contributed by atoms with Gasteiger partial charge in [0.15, 0.2) is 0 Å². The third kappa shape index (κ3) is 4.20. The van der Waals surface area contributed by atoms with Crippen LogP contribution in [0.5, 0.6) is 0 Å². The molecule has 2 atom stereocenters. The second-order valence-electron chi connectivity index (χ2n) is 7.62. The Kier molecular flexibility index (Phi) is 6.51. The molecule has 21 heavy (non-hydrogen) atoms. The number of nitrogens with zero attached hydrogens (tertiary/aromatic N) is 1. The molecule has 124 valence electrons. The van der Waals surface area contributed by atoms with Crippen molar-refractivity contribution in [3.05, 3.63) is 0 Å². The Morgan fingerprint density at radius 1 is 1.19 bits per heavy atom. The maximum absolute atomic E-state index is 9.89. The minimum Gasteiger partial charge on any atom is -0.394 e. The van der Waals surface area contributed by atoms with Crippen LogP contribution in [-0.4, -0.2) is 48.3 Å². The molecule has 0 radical (unpaired) electrons. The Labute approximate surface area is 131 Å². The Bertz CT molecular complexity index is 302. The van der Waals surface area contributed by atoms with Gasteiger partial charge in [-0.1, -0.05) is 20.3 Å². The first-order chi connectivity index (χ1) is 10.1. The zero-order valence-corrected chi connectivity index (χ0v) is 14.4. The normalized spacial score (nSPS) is 37.3. The number of rotatable bonds is 7. The molecule has 2 unspecified atom stereocenters. The largest absolute Gasteiger partial charge is 0.394 e. The number of aliphatic hydroxyl groups is 1. The molecular formula is C18H36N2O. The van der Waals surface area contributed by atoms with E-state index in [-0.39, 0.29) is 5.54 Å². The van der Waals surface area contributed by atoms with Crippen molar-refractivity contribution in [2.75, 3.05) is 26.7 Å². The second kappa shape index (κ2) is 7.94. The van der Waals surface area contributed by atoms with Crippen LogP contribution in [0, 0.1) is 11.8 Å². The summed E-state index contributed by atoms with van der Waals surface area (Å²) in [6.07, 6.45) is 10.5. The molecule has 0 aliphatic heterocycles. The van der Waals surface area contributed by atoms with Crippen LogP contribution in [0.3, 0.4) is 0 Å². The van der Waals surface area contributed by atoms with Crippen molar-refractivity contribution in [2.45, 2.75) is 76.8 Å². The number of hydrogen-bond donors (Lipinski definition) is 2. The monoisotopic (exact) mass is 296 g/mol. The molecule has 2 rings (SSSR count). The van der Waals surface area contributed by atoms with Crippen LogP contribution in [0.25, 0.3) is 0 Å². The molecule has 0 aromatic heterocycles. The van der Waals surface area contributed by atoms with Gasteiger partial charge in [-0.25, -0.2) is 0 Å². The summed E-state index contributed by atoms with van der Waals surface area (Å²) >= 11 is 0. The van der Waals surface area contributed by atoms with E-state index in [1.54, 1.807) is 0 Å². The van der Waals surface area contributed by atoms with Gasteiger partial charge in [-0.05, 0) is 76.9 Å². The Morgan fingerprint density at radius 2 is 1.90 bits per heavy atom. The number of nitrogens with one attached hydrogen (secondary N) is 1. The third-order valence-corrected chi connectivity index (χ3v) is 6.21. The summed E-state index contributed by atoms with van der Waals surface area (Å²) in [5.41, 5.74) is 0.0106. The number of likely N-dealkylation sites (N-methyl/N-ethyl adjacent to an activating group) is 1. The molecule has 2 fully saturated rings. The van der Waals surface area contributed by atoms with Crippen molar-refractivity contribution in [3.8, 4) is 0 Å². The van der Waals surface area contributed by atoms with E-state index < -0.39 is 0 Å². The van der Waals surface area contributed by atoms with E-state index in [9.17, 15) is 5.11 Å². The standard InChI is InChI=1S/C18H36N2O/c1-4-19-18(14-21)12-5-6-16(18)11-13-20(3)17-9-7-15(2)8-10-17/h15-17,19,21H,4-14H2,1-3H3. The van der Waals surface area contributed by atoms with Gasteiger partial charge in [-0.3, -0.25) is 0 Å². The maximum Gasteiger partial charge on any atom is 0.0616 e. The summed E-state index contributed by atoms with van der Waals surface area (Å²) in [7, 11) is 2.31. The van der Waals surface area contributed by atoms with Crippen molar-refractivity contribution in [1.82, 2.24) is 10.2 Å². The fourth-order valence-electron chi connectivity index (χ4n) is 4.64. The average molecular weight is 296 g/mol. The van der Waals surface area contributed by atoms with Crippen molar-refractivity contribution in [2.24, 2.45) is 11.8 Å². The number of aliphatic hydroxyl groups excluding tert-OH is 1. The SMILES string of the molecule is CCNC1(CO)CCCC1CCN(C)C1CCC(C)CC1. The van der Waals surface area contributed by atoms with E-state index in [0.29, 0.717) is 12.5 Å². The zero-order chi connectivity index (χ0) is 15.3. The first-order valence-corrected chi connectivity index (χ1v) is 9.17. The minimum atomic E-state index is 0.0106. The Morgan fingerprint density at radius 3 is 2.52 bits per heavy atom. The first-order valence-electron chi connectivity index (χ1n) is 9.17. The molecule has 2 aliphatic carbocycles. The van der Waals surface area contributed by atoms with Crippen LogP contribution < -0.4 is 5.32 Å². The first kappa shape index (κ1) is 17.2. The summed E-state index contributed by atoms with van der Waals surface area (Å²) in [6.45, 7) is 7.00. The van der Waals surface area contributed by atoms with Gasteiger partial charge in [0.2, 0.25) is 0 Å². The van der Waals surface area contributed by atoms with Crippen LogP contribution in [0.15, 0.2) is 0 Å². The van der Waals surface area contributed by atoms with Gasteiger partial charge in [0.05, 0.1) is 6.61 Å². The van der Waals surface area contributed by atoms with Gasteiger partial charge in [0, 0.05) is 11.6 Å². The predicted octanol–water partition coefficient (Wildman–Crippen LogP) is 3.03. The Hall–Kier alpha value is -0.120. The highest BCUT2D eigenvalue weighted by molar-refractivity contribution is 4.99. The van der Waals surface area contributed by atoms with Crippen LogP contribution in [0.2, 0.25) is 0 Å². The lowest BCUT2D eigenvalue weighted by molar-refractivity contribution is 0.104. The quantitative estimate of drug-likeness (QED) is 0.758. The van der Waals surface area contributed by atoms with Gasteiger partial charge < -0.3 is 15.3 Å². The highest BCUT2D eigenvalue weighted by atomic mass is 16.3. The second-order valence-corrected chi connectivity index (χ2v) is 7.62. The lowest BCUT2D eigenvalue weighted by Gasteiger charge is -2.38. The van der Waals surface area contributed by atoms with E-state index in [0.717, 1.165) is 24.9 Å². The predicted molar refractivity (Wildman–Crippen MR) is 89.5 cm³/mol. The summed E-state index contributed by atoms with van der Waals surface area (Å²) < 4.78 is 0. The fraction of sp³-hybridized carbons (Fsp3) is 1.00. The molecule has 2 N–H and O–H groups in total. The van der Waals surface area contributed by atoms with E-state index in [2.05, 4.69) is 31.1 Å². The summed E-state index contributed by atoms with van der Waals surface area (Å²) in [6, 6.07) is 0.797. The van der Waals surface area contributed by atoms with Gasteiger partial charge >= 0.3 is 0 Å². The van der Waals surface area contributed by atoms with Crippen molar-refractivity contribution >= 4 is 0 Å². The molecule has 0 saturated heterocycles. The molecule has 0 aromatic rings. The van der Waals surface area contributed by atoms with Crippen molar-refractivity contribution in [3.63, 3.8) is 0 Å². The molecule has 3 heteroatoms. The van der Waals surface area contributed by atoms with Crippen molar-refractivity contribution < 1.29 is 5.11 Å². The molecule has 0 aromatic carbocycles. The van der Waals surface area contributed by atoms with Gasteiger partial charge in [-0.2, -0.15) is 0 Å². The molecular weight excluding hydrogens is 260 g/mol. The van der Waals surface area contributed by atoms with Gasteiger partial charge in [0.25, 0.3) is 0 Å². The van der Waals surface area contributed by atoms with E-state index >= 15 is 0 Å². The molecule has 0 heterocycles. The lowest BCUT2D eigenvalue weighted by atomic mass is 9.84. The Balaban J connectivity index is 1.81. The van der Waals surface area contributed by atoms with Crippen LogP contribution >= 0.6 is 0 Å². The molecule has 0 amide bonds. The zero-order valence-electron chi connectivity index (χ0n) is 14.4. The molecule has 0 spiro atoms. The van der Waals surface area contributed by atoms with Gasteiger partial charge in [0.1, 0.15) is 0 Å². The molecule has 2 aliphatic rings. The number of hydrogen-bond acceptors (Lipinski definition) is 3. The van der Waals surface area contributed by atoms with Crippen LogP contribution in [-0.2, 0) is 0 Å². The summed E-state index contributed by atoms with van der Waals surface area (Å²) in [5.74, 6) is 1.58. The molecule has 0 bridgehead atoms. The molecule has 2 saturated carbocycles. The summed E-state index contributed by atoms with van der Waals surface area (Å²) in [5, 5.41) is 13.5. The average Bonchev–Trinajstić information content (AvgIpc) is 2.89. The van der Waals surface area contributed by atoms with E-state index in [1.165, 1.54) is 51.5 Å². The third-order valence-electron chi connectivity index (χ3n) is 6.21. The van der Waals surface area contributed by atoms with Crippen molar-refractivity contribution in [1.29, 1.82) is 0 Å². The lowest BCUT2D eigenvalue weighted by Crippen LogP contribution is -2.52. The maximum atomic E-state index is 9.89. The highest BCUT2D eigenvalue weighted by Crippen LogP contribution is 2.38. The fourth-order valence-corrected chi connectivity index (χ4v) is 4.64. The van der Waals surface area contributed by atoms with E-state index in [1.807, 2.05) is 0 Å². The topological polar surface area (TPSA) is 35.5 Å². The van der Waals surface area contributed by atoms with Crippen LogP contribution in [0.1, 0.15) is 65.2 Å². The highest BCUT2D eigenvalue weighted by Gasteiger charge is 2.41. The smallest absolute Gasteiger partial charge is 0.0616 e. The van der Waals surface area contributed by atoms with E-state index in [4.69, 9.17) is 0 Å². The minimum absolute atomic E-state index is 0.0106. The molecule has 3 nitrogen and oxygen atoms in total. The van der Waals surface area contributed by atoms with Gasteiger partial charge in [-0.15, -0.1) is 0 Å². The summed E-state index contributed by atoms with van der Waals surface area (Å²) in [4.78, 5) is 2.60. The van der Waals surface area contributed by atoms with Crippen LogP contribution in [0.4, 0.5) is 0 Å².